The first-order valence-electron chi connectivity index (χ1n) is 7.15. The van der Waals surface area contributed by atoms with Gasteiger partial charge in [0, 0.05) is 18.1 Å². The lowest BCUT2D eigenvalue weighted by Gasteiger charge is -2.31. The lowest BCUT2D eigenvalue weighted by molar-refractivity contribution is 0.0311. The molecular formula is C14H22ClN3O2S. The molecule has 0 aromatic carbocycles. The Morgan fingerprint density at radius 2 is 2.14 bits per heavy atom. The van der Waals surface area contributed by atoms with Crippen LogP contribution in [0.4, 0.5) is 0 Å². The molecule has 0 saturated carbocycles. The van der Waals surface area contributed by atoms with Gasteiger partial charge in [-0.2, -0.15) is 16.9 Å². The highest BCUT2D eigenvalue weighted by molar-refractivity contribution is 7.99. The summed E-state index contributed by atoms with van der Waals surface area (Å²) in [4.78, 5) is 12.4. The van der Waals surface area contributed by atoms with E-state index in [1.54, 1.807) is 4.68 Å². The monoisotopic (exact) mass is 331 g/mol. The Hall–Kier alpha value is -0.720. The van der Waals surface area contributed by atoms with E-state index in [0.717, 1.165) is 30.0 Å². The van der Waals surface area contributed by atoms with E-state index < -0.39 is 5.60 Å². The minimum Gasteiger partial charge on any atom is -0.388 e. The van der Waals surface area contributed by atoms with Gasteiger partial charge in [-0.1, -0.05) is 0 Å². The zero-order chi connectivity index (χ0) is 15.5. The van der Waals surface area contributed by atoms with E-state index in [1.165, 1.54) is 0 Å². The Morgan fingerprint density at radius 1 is 1.48 bits per heavy atom. The van der Waals surface area contributed by atoms with Gasteiger partial charge in [-0.15, -0.1) is 11.6 Å². The largest absolute Gasteiger partial charge is 0.388 e. The van der Waals surface area contributed by atoms with E-state index in [4.69, 9.17) is 11.6 Å². The second kappa shape index (κ2) is 7.03. The molecule has 1 aromatic heterocycles. The van der Waals surface area contributed by atoms with Crippen molar-refractivity contribution in [2.24, 2.45) is 0 Å². The topological polar surface area (TPSA) is 67.2 Å². The highest BCUT2D eigenvalue weighted by atomic mass is 35.5. The zero-order valence-electron chi connectivity index (χ0n) is 12.5. The van der Waals surface area contributed by atoms with Crippen molar-refractivity contribution in [1.29, 1.82) is 0 Å². The normalized spacial score (nSPS) is 17.7. The van der Waals surface area contributed by atoms with E-state index in [1.807, 2.05) is 25.6 Å². The van der Waals surface area contributed by atoms with Gasteiger partial charge in [0.1, 0.15) is 0 Å². The van der Waals surface area contributed by atoms with Crippen LogP contribution in [0.5, 0.6) is 0 Å². The van der Waals surface area contributed by atoms with Crippen LogP contribution in [0.3, 0.4) is 0 Å². The first-order chi connectivity index (χ1) is 9.97. The van der Waals surface area contributed by atoms with Crippen LogP contribution in [0, 0.1) is 13.8 Å². The maximum atomic E-state index is 12.4. The Labute approximate surface area is 134 Å². The zero-order valence-corrected chi connectivity index (χ0v) is 14.1. The van der Waals surface area contributed by atoms with Crippen LogP contribution in [0.25, 0.3) is 0 Å². The van der Waals surface area contributed by atoms with Crippen molar-refractivity contribution in [1.82, 2.24) is 15.1 Å². The molecule has 0 atom stereocenters. The minimum absolute atomic E-state index is 0.169. The number of nitrogens with one attached hydrogen (secondary N) is 1. The highest BCUT2D eigenvalue weighted by Crippen LogP contribution is 2.26. The highest BCUT2D eigenvalue weighted by Gasteiger charge is 2.30. The maximum Gasteiger partial charge on any atom is 0.255 e. The fraction of sp³-hybridized carbons (Fsp3) is 0.714. The van der Waals surface area contributed by atoms with Crippen molar-refractivity contribution in [2.75, 3.05) is 23.9 Å². The molecule has 1 saturated heterocycles. The van der Waals surface area contributed by atoms with Gasteiger partial charge in [-0.25, -0.2) is 0 Å². The Morgan fingerprint density at radius 3 is 2.76 bits per heavy atom. The Balaban J connectivity index is 2.03. The average molecular weight is 332 g/mol. The Bertz CT molecular complexity index is 513. The van der Waals surface area contributed by atoms with E-state index in [0.29, 0.717) is 30.2 Å². The quantitative estimate of drug-likeness (QED) is 0.806. The first-order valence-corrected chi connectivity index (χ1v) is 8.84. The number of nitrogens with zero attached hydrogens (tertiary/aromatic N) is 2. The molecule has 1 aromatic rings. The number of thioether (sulfide) groups is 1. The van der Waals surface area contributed by atoms with Crippen LogP contribution in [0.1, 0.15) is 34.6 Å². The summed E-state index contributed by atoms with van der Waals surface area (Å²) in [7, 11) is 0. The number of aliphatic hydroxyl groups is 1. The number of carbonyl (C=O) groups is 1. The molecule has 2 heterocycles. The predicted octanol–water partition coefficient (Wildman–Crippen LogP) is 1.73. The molecule has 0 spiro atoms. The predicted molar refractivity (Wildman–Crippen MR) is 86.3 cm³/mol. The summed E-state index contributed by atoms with van der Waals surface area (Å²) in [6.07, 6.45) is 1.45. The average Bonchev–Trinajstić information content (AvgIpc) is 2.72. The van der Waals surface area contributed by atoms with Crippen LogP contribution in [0.2, 0.25) is 0 Å². The molecule has 118 valence electrons. The lowest BCUT2D eigenvalue weighted by Crippen LogP contribution is -2.45. The summed E-state index contributed by atoms with van der Waals surface area (Å²) in [5, 5.41) is 17.6. The number of hydrogen-bond donors (Lipinski definition) is 2. The standard InChI is InChI=1S/C14H22ClN3O2S/c1-10-12(11(2)18(17-10)6-5-15)13(19)16-9-14(20)3-7-21-8-4-14/h20H,3-9H2,1-2H3,(H,16,19). The Kier molecular flexibility index (Phi) is 5.57. The molecule has 2 rings (SSSR count). The van der Waals surface area contributed by atoms with Crippen LogP contribution < -0.4 is 5.32 Å². The van der Waals surface area contributed by atoms with Crippen molar-refractivity contribution in [3.05, 3.63) is 17.0 Å². The number of carbonyl (C=O) groups excluding carboxylic acids is 1. The summed E-state index contributed by atoms with van der Waals surface area (Å²) in [5.41, 5.74) is 1.33. The lowest BCUT2D eigenvalue weighted by atomic mass is 9.96. The van der Waals surface area contributed by atoms with Gasteiger partial charge in [0.2, 0.25) is 0 Å². The van der Waals surface area contributed by atoms with Gasteiger partial charge >= 0.3 is 0 Å². The third-order valence-electron chi connectivity index (χ3n) is 3.91. The molecule has 0 bridgehead atoms. The first kappa shape index (κ1) is 16.6. The minimum atomic E-state index is -0.769. The van der Waals surface area contributed by atoms with E-state index in [-0.39, 0.29) is 5.91 Å². The molecule has 0 aliphatic carbocycles. The van der Waals surface area contributed by atoms with Gasteiger partial charge in [-0.3, -0.25) is 9.48 Å². The van der Waals surface area contributed by atoms with Crippen LogP contribution in [-0.4, -0.2) is 50.3 Å². The summed E-state index contributed by atoms with van der Waals surface area (Å²) < 4.78 is 1.75. The summed E-state index contributed by atoms with van der Waals surface area (Å²) >= 11 is 7.58. The number of hydrogen-bond acceptors (Lipinski definition) is 4. The molecule has 0 radical (unpaired) electrons. The van der Waals surface area contributed by atoms with Crippen molar-refractivity contribution in [2.45, 2.75) is 38.8 Å². The molecule has 7 heteroatoms. The van der Waals surface area contributed by atoms with Gasteiger partial charge in [-0.05, 0) is 38.2 Å². The second-order valence-electron chi connectivity index (χ2n) is 5.48. The van der Waals surface area contributed by atoms with E-state index in [9.17, 15) is 9.90 Å². The second-order valence-corrected chi connectivity index (χ2v) is 7.08. The van der Waals surface area contributed by atoms with Crippen LogP contribution in [0.15, 0.2) is 0 Å². The van der Waals surface area contributed by atoms with Crippen molar-refractivity contribution >= 4 is 29.3 Å². The SMILES string of the molecule is Cc1nn(CCCl)c(C)c1C(=O)NCC1(O)CCSCC1. The molecule has 1 amide bonds. The molecule has 5 nitrogen and oxygen atoms in total. The van der Waals surface area contributed by atoms with Gasteiger partial charge in [0.05, 0.1) is 23.4 Å². The molecule has 1 fully saturated rings. The number of alkyl halides is 1. The number of halogens is 1. The smallest absolute Gasteiger partial charge is 0.255 e. The van der Waals surface area contributed by atoms with Crippen molar-refractivity contribution < 1.29 is 9.90 Å². The molecule has 2 N–H and O–H groups in total. The molecule has 0 unspecified atom stereocenters. The third kappa shape index (κ3) is 3.93. The van der Waals surface area contributed by atoms with Gasteiger partial charge in [0.25, 0.3) is 5.91 Å². The van der Waals surface area contributed by atoms with E-state index >= 15 is 0 Å². The van der Waals surface area contributed by atoms with Crippen molar-refractivity contribution in [3.8, 4) is 0 Å². The van der Waals surface area contributed by atoms with Gasteiger partial charge < -0.3 is 10.4 Å². The fourth-order valence-corrected chi connectivity index (χ4v) is 4.00. The number of rotatable bonds is 5. The summed E-state index contributed by atoms with van der Waals surface area (Å²) in [6, 6.07) is 0. The fourth-order valence-electron chi connectivity index (χ4n) is 2.58. The van der Waals surface area contributed by atoms with Gasteiger partial charge in [0.15, 0.2) is 0 Å². The maximum absolute atomic E-state index is 12.4. The summed E-state index contributed by atoms with van der Waals surface area (Å²) in [5.74, 6) is 2.17. The molecule has 1 aliphatic heterocycles. The summed E-state index contributed by atoms with van der Waals surface area (Å²) in [6.45, 7) is 4.57. The van der Waals surface area contributed by atoms with Crippen LogP contribution in [-0.2, 0) is 6.54 Å². The van der Waals surface area contributed by atoms with Crippen molar-refractivity contribution in [3.63, 3.8) is 0 Å². The number of amides is 1. The third-order valence-corrected chi connectivity index (χ3v) is 5.06. The molecule has 21 heavy (non-hydrogen) atoms. The van der Waals surface area contributed by atoms with Crippen LogP contribution >= 0.6 is 23.4 Å². The molecule has 1 aliphatic rings. The number of aryl methyl sites for hydroxylation is 2. The number of aromatic nitrogens is 2. The molecular weight excluding hydrogens is 310 g/mol. The van der Waals surface area contributed by atoms with E-state index in [2.05, 4.69) is 10.4 Å².